The van der Waals surface area contributed by atoms with E-state index in [-0.39, 0.29) is 5.78 Å². The Morgan fingerprint density at radius 1 is 1.15 bits per heavy atom. The normalized spacial score (nSPS) is 11.1. The van der Waals surface area contributed by atoms with Gasteiger partial charge in [-0.05, 0) is 34.5 Å². The van der Waals surface area contributed by atoms with Crippen LogP contribution in [0.15, 0.2) is 33.2 Å². The van der Waals surface area contributed by atoms with Gasteiger partial charge in [0.05, 0.1) is 4.47 Å². The second-order valence-corrected chi connectivity index (χ2v) is 6.06. The van der Waals surface area contributed by atoms with Gasteiger partial charge in [-0.15, -0.1) is 0 Å². The summed E-state index contributed by atoms with van der Waals surface area (Å²) >= 11 is 3.44. The number of furan rings is 1. The molecule has 1 aromatic heterocycles. The Bertz CT molecular complexity index is 571. The molecule has 2 rings (SSSR count). The molecule has 0 radical (unpaired) electrons. The number of carbonyl (C=O) groups excluding carboxylic acids is 1. The lowest BCUT2D eigenvalue weighted by Crippen LogP contribution is -1.96. The van der Waals surface area contributed by atoms with Crippen LogP contribution < -0.4 is 0 Å². The maximum Gasteiger partial charge on any atom is 0.198 e. The van der Waals surface area contributed by atoms with Crippen molar-refractivity contribution in [1.82, 2.24) is 0 Å². The number of unbranched alkanes of at least 4 members (excludes halogenated alkanes) is 5. The fourth-order valence-electron chi connectivity index (χ4n) is 2.35. The van der Waals surface area contributed by atoms with Crippen molar-refractivity contribution < 1.29 is 9.21 Å². The molecule has 0 saturated carbocycles. The number of carbonyl (C=O) groups is 1. The fraction of sp³-hybridized carbons (Fsp3) is 0.471. The summed E-state index contributed by atoms with van der Waals surface area (Å²) in [6.45, 7) is 2.21. The molecular formula is C17H21BrO2. The number of para-hydroxylation sites is 1. The molecule has 3 heteroatoms. The Morgan fingerprint density at radius 3 is 2.65 bits per heavy atom. The summed E-state index contributed by atoms with van der Waals surface area (Å²) in [7, 11) is 0. The van der Waals surface area contributed by atoms with Crippen LogP contribution in [0.2, 0.25) is 0 Å². The van der Waals surface area contributed by atoms with Crippen LogP contribution in [-0.4, -0.2) is 5.78 Å². The summed E-state index contributed by atoms with van der Waals surface area (Å²) < 4.78 is 6.56. The molecule has 0 aliphatic rings. The molecule has 1 heterocycles. The quantitative estimate of drug-likeness (QED) is 0.428. The Balaban J connectivity index is 1.86. The molecule has 0 aliphatic heterocycles. The first-order chi connectivity index (χ1) is 9.72. The highest BCUT2D eigenvalue weighted by atomic mass is 79.9. The highest BCUT2D eigenvalue weighted by molar-refractivity contribution is 9.10. The van der Waals surface area contributed by atoms with Crippen LogP contribution in [0.25, 0.3) is 11.0 Å². The van der Waals surface area contributed by atoms with Gasteiger partial charge in [-0.2, -0.15) is 0 Å². The van der Waals surface area contributed by atoms with Crippen molar-refractivity contribution in [3.05, 3.63) is 34.5 Å². The Kier molecular flexibility index (Phi) is 5.84. The van der Waals surface area contributed by atoms with Crippen molar-refractivity contribution in [3.63, 3.8) is 0 Å². The van der Waals surface area contributed by atoms with Crippen LogP contribution in [0.4, 0.5) is 0 Å². The summed E-state index contributed by atoms with van der Waals surface area (Å²) in [4.78, 5) is 12.1. The van der Waals surface area contributed by atoms with E-state index in [2.05, 4.69) is 22.9 Å². The number of halogens is 1. The minimum absolute atomic E-state index is 0.114. The molecule has 20 heavy (non-hydrogen) atoms. The van der Waals surface area contributed by atoms with Crippen molar-refractivity contribution in [2.75, 3.05) is 0 Å². The lowest BCUT2D eigenvalue weighted by atomic mass is 10.1. The van der Waals surface area contributed by atoms with Crippen molar-refractivity contribution in [1.29, 1.82) is 0 Å². The smallest absolute Gasteiger partial charge is 0.198 e. The Labute approximate surface area is 128 Å². The van der Waals surface area contributed by atoms with Gasteiger partial charge in [0.15, 0.2) is 11.5 Å². The number of benzene rings is 1. The van der Waals surface area contributed by atoms with Crippen molar-refractivity contribution in [2.24, 2.45) is 0 Å². The van der Waals surface area contributed by atoms with Gasteiger partial charge in [0.25, 0.3) is 0 Å². The van der Waals surface area contributed by atoms with E-state index in [1.54, 1.807) is 0 Å². The first-order valence-corrected chi connectivity index (χ1v) is 8.23. The molecule has 0 saturated heterocycles. The van der Waals surface area contributed by atoms with E-state index in [0.29, 0.717) is 12.2 Å². The average Bonchev–Trinajstić information content (AvgIpc) is 2.88. The van der Waals surface area contributed by atoms with Crippen LogP contribution in [-0.2, 0) is 0 Å². The molecule has 0 atom stereocenters. The van der Waals surface area contributed by atoms with E-state index in [9.17, 15) is 4.79 Å². The Morgan fingerprint density at radius 2 is 1.90 bits per heavy atom. The largest absolute Gasteiger partial charge is 0.452 e. The third kappa shape index (κ3) is 3.95. The molecular weight excluding hydrogens is 316 g/mol. The van der Waals surface area contributed by atoms with Crippen LogP contribution in [0, 0.1) is 0 Å². The molecule has 0 unspecified atom stereocenters. The molecule has 2 nitrogen and oxygen atoms in total. The molecule has 0 aliphatic carbocycles. The van der Waals surface area contributed by atoms with E-state index in [1.807, 2.05) is 24.3 Å². The summed E-state index contributed by atoms with van der Waals surface area (Å²) in [6.07, 6.45) is 7.74. The number of ketones is 1. The summed E-state index contributed by atoms with van der Waals surface area (Å²) in [5.41, 5.74) is 0.763. The third-order valence-electron chi connectivity index (χ3n) is 3.53. The first kappa shape index (κ1) is 15.3. The number of Topliss-reactive ketones (excluding diaryl/α,β-unsaturated/α-hetero) is 1. The van der Waals surface area contributed by atoms with Crippen molar-refractivity contribution in [2.45, 2.75) is 51.9 Å². The van der Waals surface area contributed by atoms with Gasteiger partial charge in [0.1, 0.15) is 5.58 Å². The minimum atomic E-state index is 0.114. The second kappa shape index (κ2) is 7.63. The van der Waals surface area contributed by atoms with E-state index in [4.69, 9.17) is 4.42 Å². The first-order valence-electron chi connectivity index (χ1n) is 7.43. The molecule has 0 fully saturated rings. The number of hydrogen-bond donors (Lipinski definition) is 0. The lowest BCUT2D eigenvalue weighted by Gasteiger charge is -1.99. The van der Waals surface area contributed by atoms with E-state index in [1.165, 1.54) is 25.7 Å². The maximum absolute atomic E-state index is 12.1. The Hall–Kier alpha value is -1.09. The van der Waals surface area contributed by atoms with Gasteiger partial charge in [0, 0.05) is 11.8 Å². The minimum Gasteiger partial charge on any atom is -0.452 e. The number of fused-ring (bicyclic) bond motifs is 1. The van der Waals surface area contributed by atoms with Gasteiger partial charge in [-0.3, -0.25) is 4.79 Å². The predicted molar refractivity (Wildman–Crippen MR) is 86.2 cm³/mol. The molecule has 0 spiro atoms. The average molecular weight is 337 g/mol. The monoisotopic (exact) mass is 336 g/mol. The summed E-state index contributed by atoms with van der Waals surface area (Å²) in [6, 6.07) is 7.68. The highest BCUT2D eigenvalue weighted by Gasteiger charge is 2.13. The fourth-order valence-corrected chi connectivity index (χ4v) is 2.82. The summed E-state index contributed by atoms with van der Waals surface area (Å²) in [5.74, 6) is 0.601. The van der Waals surface area contributed by atoms with Gasteiger partial charge in [-0.1, -0.05) is 51.2 Å². The van der Waals surface area contributed by atoms with Crippen LogP contribution in [0.5, 0.6) is 0 Å². The van der Waals surface area contributed by atoms with Crippen molar-refractivity contribution >= 4 is 32.7 Å². The third-order valence-corrected chi connectivity index (χ3v) is 4.15. The van der Waals surface area contributed by atoms with Gasteiger partial charge in [0.2, 0.25) is 0 Å². The molecule has 0 N–H and O–H groups in total. The zero-order valence-corrected chi connectivity index (χ0v) is 13.5. The SMILES string of the molecule is CCCCCCCCC(=O)c1cc2cccc(Br)c2o1. The standard InChI is InChI=1S/C17H21BrO2/c1-2-3-4-5-6-7-11-15(19)16-12-13-9-8-10-14(18)17(13)20-16/h8-10,12H,2-7,11H2,1H3. The second-order valence-electron chi connectivity index (χ2n) is 5.21. The zero-order valence-electron chi connectivity index (χ0n) is 12.0. The molecule has 0 amide bonds. The van der Waals surface area contributed by atoms with Gasteiger partial charge < -0.3 is 4.42 Å². The maximum atomic E-state index is 12.1. The molecule has 1 aromatic carbocycles. The molecule has 108 valence electrons. The number of rotatable bonds is 8. The van der Waals surface area contributed by atoms with Crippen molar-refractivity contribution in [3.8, 4) is 0 Å². The summed E-state index contributed by atoms with van der Waals surface area (Å²) in [5, 5.41) is 0.977. The van der Waals surface area contributed by atoms with E-state index >= 15 is 0 Å². The molecule has 2 aromatic rings. The van der Waals surface area contributed by atoms with Crippen LogP contribution in [0.3, 0.4) is 0 Å². The topological polar surface area (TPSA) is 30.2 Å². The van der Waals surface area contributed by atoms with Gasteiger partial charge in [-0.25, -0.2) is 0 Å². The van der Waals surface area contributed by atoms with E-state index in [0.717, 1.165) is 28.3 Å². The highest BCUT2D eigenvalue weighted by Crippen LogP contribution is 2.27. The van der Waals surface area contributed by atoms with Gasteiger partial charge >= 0.3 is 0 Å². The lowest BCUT2D eigenvalue weighted by molar-refractivity contribution is 0.0954. The van der Waals surface area contributed by atoms with Crippen LogP contribution >= 0.6 is 15.9 Å². The zero-order chi connectivity index (χ0) is 14.4. The predicted octanol–water partition coefficient (Wildman–Crippen LogP) is 6.13. The molecule has 0 bridgehead atoms. The van der Waals surface area contributed by atoms with Crippen LogP contribution in [0.1, 0.15) is 62.4 Å². The number of hydrogen-bond acceptors (Lipinski definition) is 2. The van der Waals surface area contributed by atoms with E-state index < -0.39 is 0 Å².